The molecule has 1 saturated heterocycles. The molecule has 38 heavy (non-hydrogen) atoms. The van der Waals surface area contributed by atoms with Crippen LogP contribution < -0.4 is 0 Å². The van der Waals surface area contributed by atoms with Crippen LogP contribution >= 0.6 is 0 Å². The number of carbonyl (C=O) groups excluding carboxylic acids is 2. The molecule has 1 rings (SSSR count). The number of Topliss-reactive ketones (excluding diaryl/α,β-unsaturated/α-hetero) is 1. The fraction of sp³-hybridized carbons (Fsp3) is 0.931. The van der Waals surface area contributed by atoms with Crippen LogP contribution in [0.25, 0.3) is 10.4 Å². The minimum Gasteiger partial charge on any atom is -0.457 e. The lowest BCUT2D eigenvalue weighted by atomic mass is 9.83. The Hall–Kier alpha value is -1.67. The van der Waals surface area contributed by atoms with Crippen molar-refractivity contribution in [1.82, 2.24) is 0 Å². The highest BCUT2D eigenvalue weighted by atomic mass is 16.7. The third-order valence-electron chi connectivity index (χ3n) is 5.40. The number of rotatable bonds is 14. The van der Waals surface area contributed by atoms with E-state index in [1.54, 1.807) is 0 Å². The van der Waals surface area contributed by atoms with Gasteiger partial charge in [-0.3, -0.25) is 9.59 Å². The van der Waals surface area contributed by atoms with Gasteiger partial charge in [-0.1, -0.05) is 92.2 Å². The van der Waals surface area contributed by atoms with Crippen molar-refractivity contribution in [2.45, 2.75) is 151 Å². The number of carbonyl (C=O) groups is 2. The van der Waals surface area contributed by atoms with Crippen LogP contribution in [0.2, 0.25) is 0 Å². The first-order valence-corrected chi connectivity index (χ1v) is 10.5. The zero-order chi connectivity index (χ0) is 21.6. The lowest BCUT2D eigenvalue weighted by Gasteiger charge is -2.43. The van der Waals surface area contributed by atoms with Crippen molar-refractivity contribution >= 4 is 11.8 Å². The third-order valence-corrected chi connectivity index (χ3v) is 5.40. The summed E-state index contributed by atoms with van der Waals surface area (Å²) in [6.45, 7) is 6.03. The number of ketones is 1. The predicted molar refractivity (Wildman–Crippen MR) is 167 cm³/mol. The smallest absolute Gasteiger partial charge is 0.303 e. The van der Waals surface area contributed by atoms with E-state index in [1.165, 1.54) is 6.92 Å². The average Bonchev–Trinajstić information content (AvgIpc) is 2.69. The molecule has 2 unspecified atom stereocenters. The van der Waals surface area contributed by atoms with Crippen molar-refractivity contribution in [3.8, 4) is 0 Å². The van der Waals surface area contributed by atoms with Gasteiger partial charge in [0.15, 0.2) is 12.4 Å². The number of hydrogen-bond donors (Lipinski definition) is 1. The second-order valence-corrected chi connectivity index (χ2v) is 7.65. The number of aliphatic hydroxyl groups is 1. The molecule has 0 radical (unpaired) electrons. The maximum atomic E-state index is 11.9. The minimum absolute atomic E-state index is 0. The van der Waals surface area contributed by atoms with E-state index in [0.717, 1.165) is 25.7 Å². The molecule has 0 aromatic heterocycles. The molecule has 9 nitrogen and oxygen atoms in total. The summed E-state index contributed by atoms with van der Waals surface area (Å²) in [4.78, 5) is 26.0. The Kier molecular flexibility index (Phi) is 56.4. The summed E-state index contributed by atoms with van der Waals surface area (Å²) < 4.78 is 17.0. The lowest BCUT2D eigenvalue weighted by Crippen LogP contribution is -2.53. The normalized spacial score (nSPS) is 20.3. The quantitative estimate of drug-likeness (QED) is 0.0744. The molecule has 1 aliphatic heterocycles. The van der Waals surface area contributed by atoms with Crippen LogP contribution in [0.5, 0.6) is 0 Å². The SMILES string of the molecule is C.C.C.C.C.C.C.C.C.CC(=O)OC1[C@H](OCCCCC(=O)CCCCCN=[N+]=[N-])OC(CO)[C@H](C)[C@@H]1C. The highest BCUT2D eigenvalue weighted by Gasteiger charge is 2.43. The zero-order valence-electron chi connectivity index (χ0n) is 17.8. The second-order valence-electron chi connectivity index (χ2n) is 7.65. The summed E-state index contributed by atoms with van der Waals surface area (Å²) in [5.41, 5.74) is 8.19. The summed E-state index contributed by atoms with van der Waals surface area (Å²) in [5.74, 6) is -0.134. The molecule has 0 saturated carbocycles. The van der Waals surface area contributed by atoms with Crippen molar-refractivity contribution in [1.29, 1.82) is 0 Å². The monoisotopic (exact) mass is 558 g/mol. The van der Waals surface area contributed by atoms with Crippen LogP contribution in [-0.4, -0.2) is 55.1 Å². The first-order valence-electron chi connectivity index (χ1n) is 10.5. The molecule has 0 amide bonds. The molecule has 238 valence electrons. The number of nitrogens with zero attached hydrogens (tertiary/aromatic N) is 3. The summed E-state index contributed by atoms with van der Waals surface area (Å²) in [6, 6.07) is 0. The number of unbranched alkanes of at least 4 members (excludes halogenated alkanes) is 3. The molecule has 1 fully saturated rings. The van der Waals surface area contributed by atoms with E-state index >= 15 is 0 Å². The Labute approximate surface area is 239 Å². The van der Waals surface area contributed by atoms with E-state index in [-0.39, 0.29) is 97.2 Å². The predicted octanol–water partition coefficient (Wildman–Crippen LogP) is 9.26. The first kappa shape index (κ1) is 60.7. The molecule has 0 aromatic rings. The first-order chi connectivity index (χ1) is 13.9. The Bertz CT molecular complexity index is 556. The van der Waals surface area contributed by atoms with Crippen molar-refractivity contribution in [3.63, 3.8) is 0 Å². The number of azide groups is 1. The van der Waals surface area contributed by atoms with Gasteiger partial charge in [-0.15, -0.1) is 0 Å². The Morgan fingerprint density at radius 3 is 1.87 bits per heavy atom. The van der Waals surface area contributed by atoms with Gasteiger partial charge in [0.25, 0.3) is 0 Å². The summed E-state index contributed by atoms with van der Waals surface area (Å²) in [7, 11) is 0. The van der Waals surface area contributed by atoms with Gasteiger partial charge in [0.2, 0.25) is 0 Å². The van der Waals surface area contributed by atoms with Gasteiger partial charge in [-0.2, -0.15) is 0 Å². The molecule has 9 heteroatoms. The van der Waals surface area contributed by atoms with Crippen LogP contribution in [0.15, 0.2) is 5.11 Å². The van der Waals surface area contributed by atoms with E-state index < -0.39 is 18.4 Å². The molecule has 1 N–H and O–H groups in total. The summed E-state index contributed by atoms with van der Waals surface area (Å²) in [6.07, 6.45) is 3.38. The van der Waals surface area contributed by atoms with Crippen LogP contribution in [0, 0.1) is 11.8 Å². The van der Waals surface area contributed by atoms with Gasteiger partial charge in [-0.05, 0) is 37.1 Å². The molecular formula is C29H71N3O6. The number of hydrogen-bond acceptors (Lipinski definition) is 7. The average molecular weight is 558 g/mol. The van der Waals surface area contributed by atoms with Gasteiger partial charge in [0.05, 0.1) is 12.7 Å². The van der Waals surface area contributed by atoms with Crippen molar-refractivity contribution < 1.29 is 28.9 Å². The molecule has 1 aliphatic rings. The fourth-order valence-corrected chi connectivity index (χ4v) is 3.43. The van der Waals surface area contributed by atoms with Crippen LogP contribution in [0.3, 0.4) is 0 Å². The number of aliphatic hydroxyl groups excluding tert-OH is 1. The molecule has 0 aromatic carbocycles. The Balaban J connectivity index is -0.000000133. The standard InChI is InChI=1S/C20H35N3O6.9CH4/c1-14-15(2)19(28-16(3)25)20(29-18(14)13-24)27-12-8-6-10-17(26)9-5-4-7-11-22-23-21;;;;;;;;;/h14-15,18-20,24H,4-13H2,1-3H3;9*1H4/t14-,15+,18?,19?,20-;;;;;;;;;/m1........./s1. The van der Waals surface area contributed by atoms with E-state index in [2.05, 4.69) is 10.0 Å². The van der Waals surface area contributed by atoms with E-state index in [1.807, 2.05) is 13.8 Å². The molecule has 0 aliphatic carbocycles. The maximum absolute atomic E-state index is 11.9. The topological polar surface area (TPSA) is 131 Å². The van der Waals surface area contributed by atoms with E-state index in [4.69, 9.17) is 19.7 Å². The number of ether oxygens (including phenoxy) is 3. The summed E-state index contributed by atoms with van der Waals surface area (Å²) in [5, 5.41) is 13.0. The lowest BCUT2D eigenvalue weighted by molar-refractivity contribution is -0.279. The van der Waals surface area contributed by atoms with Gasteiger partial charge < -0.3 is 19.3 Å². The van der Waals surface area contributed by atoms with Crippen molar-refractivity contribution in [3.05, 3.63) is 10.4 Å². The Morgan fingerprint density at radius 2 is 1.39 bits per heavy atom. The van der Waals surface area contributed by atoms with Crippen LogP contribution in [0.1, 0.15) is 133 Å². The van der Waals surface area contributed by atoms with E-state index in [0.29, 0.717) is 32.4 Å². The van der Waals surface area contributed by atoms with Gasteiger partial charge in [0, 0.05) is 43.7 Å². The Morgan fingerprint density at radius 1 is 0.868 bits per heavy atom. The summed E-state index contributed by atoms with van der Waals surface area (Å²) >= 11 is 0. The number of esters is 1. The third kappa shape index (κ3) is 23.4. The molecular weight excluding hydrogens is 486 g/mol. The maximum Gasteiger partial charge on any atom is 0.303 e. The van der Waals surface area contributed by atoms with Gasteiger partial charge in [0.1, 0.15) is 5.78 Å². The highest BCUT2D eigenvalue weighted by molar-refractivity contribution is 5.78. The minimum atomic E-state index is -0.714. The molecule has 5 atom stereocenters. The molecule has 1 heterocycles. The largest absolute Gasteiger partial charge is 0.457 e. The van der Waals surface area contributed by atoms with Crippen LogP contribution in [0.4, 0.5) is 0 Å². The van der Waals surface area contributed by atoms with Crippen LogP contribution in [-0.2, 0) is 23.8 Å². The van der Waals surface area contributed by atoms with Gasteiger partial charge >= 0.3 is 5.97 Å². The van der Waals surface area contributed by atoms with Crippen molar-refractivity contribution in [2.24, 2.45) is 17.0 Å². The van der Waals surface area contributed by atoms with Crippen molar-refractivity contribution in [2.75, 3.05) is 19.8 Å². The van der Waals surface area contributed by atoms with E-state index in [9.17, 15) is 14.7 Å². The molecule has 0 spiro atoms. The highest BCUT2D eigenvalue weighted by Crippen LogP contribution is 2.33. The fourth-order valence-electron chi connectivity index (χ4n) is 3.43. The second kappa shape index (κ2) is 35.3. The van der Waals surface area contributed by atoms with Gasteiger partial charge in [-0.25, -0.2) is 0 Å². The zero-order valence-corrected chi connectivity index (χ0v) is 17.8. The molecule has 0 bridgehead atoms.